The van der Waals surface area contributed by atoms with E-state index in [0.29, 0.717) is 13.0 Å². The predicted molar refractivity (Wildman–Crippen MR) is 55.9 cm³/mol. The van der Waals surface area contributed by atoms with Crippen molar-refractivity contribution < 1.29 is 13.5 Å². The summed E-state index contributed by atoms with van der Waals surface area (Å²) < 4.78 is 22.4. The highest BCUT2D eigenvalue weighted by atomic mass is 32.2. The minimum atomic E-state index is -2.88. The number of hydrogen-bond donors (Lipinski definition) is 1. The summed E-state index contributed by atoms with van der Waals surface area (Å²) in [5.41, 5.74) is 0. The zero-order valence-corrected chi connectivity index (χ0v) is 9.57. The fourth-order valence-corrected chi connectivity index (χ4v) is 3.58. The Kier molecular flexibility index (Phi) is 4.08. The topological polar surface area (TPSA) is 81.4 Å². The molecule has 0 amide bonds. The highest BCUT2D eigenvalue weighted by molar-refractivity contribution is 7.91. The van der Waals surface area contributed by atoms with E-state index in [1.807, 2.05) is 11.0 Å². The maximum atomic E-state index is 11.2. The van der Waals surface area contributed by atoms with Gasteiger partial charge < -0.3 is 5.11 Å². The lowest BCUT2D eigenvalue weighted by atomic mass is 10.2. The summed E-state index contributed by atoms with van der Waals surface area (Å²) in [5, 5.41) is 17.8. The quantitative estimate of drug-likeness (QED) is 0.698. The molecule has 0 aromatic heterocycles. The lowest BCUT2D eigenvalue weighted by molar-refractivity contribution is 0.112. The lowest BCUT2D eigenvalue weighted by Crippen LogP contribution is -2.38. The molecule has 1 N–H and O–H groups in total. The van der Waals surface area contributed by atoms with Gasteiger partial charge >= 0.3 is 0 Å². The SMILES string of the molecule is CN(CC(O)CC#N)C1CCS(=O)(=O)C1. The molecular formula is C9H16N2O3S. The first-order chi connectivity index (χ1) is 6.94. The van der Waals surface area contributed by atoms with Crippen LogP contribution in [0.25, 0.3) is 0 Å². The maximum Gasteiger partial charge on any atom is 0.151 e. The Morgan fingerprint density at radius 3 is 2.80 bits per heavy atom. The minimum absolute atomic E-state index is 0.0108. The van der Waals surface area contributed by atoms with Gasteiger partial charge in [-0.3, -0.25) is 4.90 Å². The second-order valence-electron chi connectivity index (χ2n) is 4.01. The Balaban J connectivity index is 2.42. The summed E-state index contributed by atoms with van der Waals surface area (Å²) in [6.45, 7) is 0.355. The zero-order chi connectivity index (χ0) is 11.5. The van der Waals surface area contributed by atoms with Crippen LogP contribution < -0.4 is 0 Å². The van der Waals surface area contributed by atoms with E-state index in [9.17, 15) is 13.5 Å². The highest BCUT2D eigenvalue weighted by Crippen LogP contribution is 2.16. The van der Waals surface area contributed by atoms with Crippen LogP contribution in [0.5, 0.6) is 0 Å². The van der Waals surface area contributed by atoms with E-state index in [0.717, 1.165) is 0 Å². The van der Waals surface area contributed by atoms with Gasteiger partial charge in [0.25, 0.3) is 0 Å². The van der Waals surface area contributed by atoms with Crippen LogP contribution in [0, 0.1) is 11.3 Å². The van der Waals surface area contributed by atoms with Crippen LogP contribution in [0.4, 0.5) is 0 Å². The van der Waals surface area contributed by atoms with E-state index in [1.165, 1.54) is 0 Å². The molecule has 1 fully saturated rings. The Hall–Kier alpha value is -0.640. The van der Waals surface area contributed by atoms with Crippen molar-refractivity contribution in [2.45, 2.75) is 25.0 Å². The predicted octanol–water partition coefficient (Wildman–Crippen LogP) is -0.620. The molecule has 1 saturated heterocycles. The first-order valence-electron chi connectivity index (χ1n) is 4.90. The summed E-state index contributed by atoms with van der Waals surface area (Å²) in [4.78, 5) is 1.83. The summed E-state index contributed by atoms with van der Waals surface area (Å²) in [7, 11) is -1.09. The van der Waals surface area contributed by atoms with Crippen LogP contribution >= 0.6 is 0 Å². The zero-order valence-electron chi connectivity index (χ0n) is 8.76. The third-order valence-corrected chi connectivity index (χ3v) is 4.41. The molecule has 5 nitrogen and oxygen atoms in total. The fourth-order valence-electron chi connectivity index (χ4n) is 1.77. The first kappa shape index (κ1) is 12.4. The molecule has 0 radical (unpaired) electrons. The minimum Gasteiger partial charge on any atom is -0.391 e. The molecule has 0 spiro atoms. The Morgan fingerprint density at radius 2 is 2.33 bits per heavy atom. The highest BCUT2D eigenvalue weighted by Gasteiger charge is 2.31. The molecule has 0 aromatic carbocycles. The molecular weight excluding hydrogens is 216 g/mol. The van der Waals surface area contributed by atoms with Gasteiger partial charge in [0.2, 0.25) is 0 Å². The molecule has 1 aliphatic rings. The molecule has 0 bridgehead atoms. The Morgan fingerprint density at radius 1 is 1.67 bits per heavy atom. The number of nitrogens with zero attached hydrogens (tertiary/aromatic N) is 2. The summed E-state index contributed by atoms with van der Waals surface area (Å²) in [6, 6.07) is 1.87. The van der Waals surface area contributed by atoms with Gasteiger partial charge in [0.15, 0.2) is 9.84 Å². The number of likely N-dealkylation sites (N-methyl/N-ethyl adjacent to an activating group) is 1. The molecule has 6 heteroatoms. The maximum absolute atomic E-state index is 11.2. The van der Waals surface area contributed by atoms with E-state index < -0.39 is 15.9 Å². The molecule has 2 atom stereocenters. The number of rotatable bonds is 4. The molecule has 15 heavy (non-hydrogen) atoms. The van der Waals surface area contributed by atoms with Crippen molar-refractivity contribution >= 4 is 9.84 Å². The molecule has 0 aliphatic carbocycles. The van der Waals surface area contributed by atoms with Crippen molar-refractivity contribution in [2.75, 3.05) is 25.1 Å². The standard InChI is InChI=1S/C9H16N2O3S/c1-11(6-9(12)2-4-10)8-3-5-15(13,14)7-8/h8-9,12H,2-3,5-7H2,1H3. The van der Waals surface area contributed by atoms with Crippen molar-refractivity contribution in [3.63, 3.8) is 0 Å². The number of hydrogen-bond acceptors (Lipinski definition) is 5. The second kappa shape index (κ2) is 4.92. The average Bonchev–Trinajstić information content (AvgIpc) is 2.46. The average molecular weight is 232 g/mol. The van der Waals surface area contributed by atoms with E-state index in [-0.39, 0.29) is 24.0 Å². The third kappa shape index (κ3) is 3.78. The van der Waals surface area contributed by atoms with Gasteiger partial charge in [-0.2, -0.15) is 5.26 Å². The fraction of sp³-hybridized carbons (Fsp3) is 0.889. The van der Waals surface area contributed by atoms with Crippen LogP contribution in [-0.4, -0.2) is 55.7 Å². The largest absolute Gasteiger partial charge is 0.391 e. The molecule has 86 valence electrons. The van der Waals surface area contributed by atoms with Crippen LogP contribution in [0.2, 0.25) is 0 Å². The first-order valence-corrected chi connectivity index (χ1v) is 6.72. The van der Waals surface area contributed by atoms with Gasteiger partial charge in [-0.05, 0) is 13.5 Å². The number of sulfone groups is 1. The molecule has 0 aromatic rings. The normalized spacial score (nSPS) is 26.4. The third-order valence-electron chi connectivity index (χ3n) is 2.66. The van der Waals surface area contributed by atoms with E-state index in [1.54, 1.807) is 7.05 Å². The van der Waals surface area contributed by atoms with Crippen molar-refractivity contribution in [2.24, 2.45) is 0 Å². The number of nitriles is 1. The number of aliphatic hydroxyl groups excluding tert-OH is 1. The Labute approximate surface area is 90.2 Å². The number of aliphatic hydroxyl groups is 1. The van der Waals surface area contributed by atoms with Gasteiger partial charge in [0.05, 0.1) is 30.1 Å². The summed E-state index contributed by atoms with van der Waals surface area (Å²) in [5.74, 6) is 0.402. The van der Waals surface area contributed by atoms with Gasteiger partial charge in [0, 0.05) is 12.6 Å². The molecule has 1 aliphatic heterocycles. The summed E-state index contributed by atoms with van der Waals surface area (Å²) in [6.07, 6.45) is 0.0188. The molecule has 1 heterocycles. The van der Waals surface area contributed by atoms with Crippen molar-refractivity contribution in [3.05, 3.63) is 0 Å². The van der Waals surface area contributed by atoms with E-state index in [2.05, 4.69) is 0 Å². The smallest absolute Gasteiger partial charge is 0.151 e. The van der Waals surface area contributed by atoms with Crippen molar-refractivity contribution in [3.8, 4) is 6.07 Å². The van der Waals surface area contributed by atoms with Crippen molar-refractivity contribution in [1.82, 2.24) is 4.90 Å². The van der Waals surface area contributed by atoms with E-state index in [4.69, 9.17) is 5.26 Å². The molecule has 0 saturated carbocycles. The van der Waals surface area contributed by atoms with Crippen molar-refractivity contribution in [1.29, 1.82) is 5.26 Å². The Bertz CT molecular complexity index is 347. The van der Waals surface area contributed by atoms with Gasteiger partial charge in [-0.25, -0.2) is 8.42 Å². The van der Waals surface area contributed by atoms with Gasteiger partial charge in [-0.1, -0.05) is 0 Å². The molecule has 2 unspecified atom stereocenters. The van der Waals surface area contributed by atoms with Crippen LogP contribution in [0.15, 0.2) is 0 Å². The summed E-state index contributed by atoms with van der Waals surface area (Å²) >= 11 is 0. The van der Waals surface area contributed by atoms with Gasteiger partial charge in [-0.15, -0.1) is 0 Å². The van der Waals surface area contributed by atoms with Crippen LogP contribution in [0.3, 0.4) is 0 Å². The van der Waals surface area contributed by atoms with Gasteiger partial charge in [0.1, 0.15) is 0 Å². The second-order valence-corrected chi connectivity index (χ2v) is 6.24. The molecule has 1 rings (SSSR count). The lowest BCUT2D eigenvalue weighted by Gasteiger charge is -2.24. The monoisotopic (exact) mass is 232 g/mol. The van der Waals surface area contributed by atoms with Crippen LogP contribution in [-0.2, 0) is 9.84 Å². The van der Waals surface area contributed by atoms with E-state index >= 15 is 0 Å². The van der Waals surface area contributed by atoms with Crippen LogP contribution in [0.1, 0.15) is 12.8 Å².